The number of nitrogens with one attached hydrogen (secondary N) is 1. The number of likely N-dealkylation sites (N-methyl/N-ethyl adjacent to an activating group) is 1. The van der Waals surface area contributed by atoms with Gasteiger partial charge in [0.25, 0.3) is 5.56 Å². The van der Waals surface area contributed by atoms with Crippen LogP contribution in [0.1, 0.15) is 77.8 Å². The second-order valence-corrected chi connectivity index (χ2v) is 12.5. The lowest BCUT2D eigenvalue weighted by Gasteiger charge is -2.26. The fourth-order valence-corrected chi connectivity index (χ4v) is 5.54. The van der Waals surface area contributed by atoms with Crippen LogP contribution in [-0.4, -0.2) is 52.3 Å². The van der Waals surface area contributed by atoms with Gasteiger partial charge in [-0.25, -0.2) is 9.07 Å². The molecule has 8 nitrogen and oxygen atoms in total. The van der Waals surface area contributed by atoms with E-state index in [4.69, 9.17) is 0 Å². The summed E-state index contributed by atoms with van der Waals surface area (Å²) in [6, 6.07) is 4.06. The van der Waals surface area contributed by atoms with E-state index in [-0.39, 0.29) is 17.9 Å². The number of carboxylic acid groups (broad SMARTS) is 1. The number of aromatic nitrogens is 2. The molecule has 2 N–H and O–H groups in total. The monoisotopic (exact) mass is 646 g/mol. The van der Waals surface area contributed by atoms with Crippen molar-refractivity contribution in [3.8, 4) is 11.1 Å². The van der Waals surface area contributed by atoms with Gasteiger partial charge in [-0.15, -0.1) is 0 Å². The molecule has 0 aliphatic heterocycles. The SMILES string of the molecule is Cc1cccc(C)c1-c1cc([C@H](CC(=O)O)NC(=O)[C@H](CC(C)C)n2nc(CCN(C)C)c(C)c(C)c2=O)c(F)c(C(F)(F)F)c1. The van der Waals surface area contributed by atoms with E-state index in [1.807, 2.05) is 32.8 Å². The second-order valence-electron chi connectivity index (χ2n) is 12.5. The first-order valence-corrected chi connectivity index (χ1v) is 15.1. The van der Waals surface area contributed by atoms with E-state index in [0.29, 0.717) is 52.5 Å². The van der Waals surface area contributed by atoms with Crippen molar-refractivity contribution in [2.75, 3.05) is 20.6 Å². The van der Waals surface area contributed by atoms with E-state index in [1.165, 1.54) is 0 Å². The van der Waals surface area contributed by atoms with Crippen LogP contribution in [0.5, 0.6) is 0 Å². The van der Waals surface area contributed by atoms with Crippen LogP contribution >= 0.6 is 0 Å². The highest BCUT2D eigenvalue weighted by Gasteiger charge is 2.38. The Balaban J connectivity index is 2.21. The summed E-state index contributed by atoms with van der Waals surface area (Å²) >= 11 is 0. The molecule has 0 radical (unpaired) electrons. The molecule has 0 bridgehead atoms. The Bertz CT molecular complexity index is 1640. The number of carboxylic acids is 1. The van der Waals surface area contributed by atoms with Gasteiger partial charge in [-0.05, 0) is 94.1 Å². The average Bonchev–Trinajstić information content (AvgIpc) is 2.93. The van der Waals surface area contributed by atoms with Crippen LogP contribution in [-0.2, 0) is 22.2 Å². The molecule has 2 atom stereocenters. The van der Waals surface area contributed by atoms with Crippen molar-refractivity contribution in [1.82, 2.24) is 20.0 Å². The summed E-state index contributed by atoms with van der Waals surface area (Å²) in [7, 11) is 3.77. The number of amides is 1. The third-order valence-corrected chi connectivity index (χ3v) is 8.09. The molecule has 3 aromatic rings. The van der Waals surface area contributed by atoms with Gasteiger partial charge in [-0.2, -0.15) is 18.3 Å². The van der Waals surface area contributed by atoms with E-state index in [2.05, 4.69) is 10.4 Å². The minimum Gasteiger partial charge on any atom is -0.481 e. The number of hydrogen-bond donors (Lipinski definition) is 2. The number of carbonyl (C=O) groups is 2. The zero-order valence-corrected chi connectivity index (χ0v) is 27.5. The smallest absolute Gasteiger partial charge is 0.419 e. The Kier molecular flexibility index (Phi) is 11.5. The summed E-state index contributed by atoms with van der Waals surface area (Å²) < 4.78 is 59.4. The van der Waals surface area contributed by atoms with Crippen LogP contribution in [0, 0.1) is 39.4 Å². The van der Waals surface area contributed by atoms with Gasteiger partial charge < -0.3 is 15.3 Å². The number of halogens is 4. The molecule has 3 rings (SSSR count). The summed E-state index contributed by atoms with van der Waals surface area (Å²) in [4.78, 5) is 41.3. The minimum atomic E-state index is -5.11. The Hall–Kier alpha value is -4.06. The summed E-state index contributed by atoms with van der Waals surface area (Å²) in [5, 5.41) is 16.8. The largest absolute Gasteiger partial charge is 0.481 e. The summed E-state index contributed by atoms with van der Waals surface area (Å²) in [5.41, 5.74) is 0.653. The third kappa shape index (κ3) is 8.39. The minimum absolute atomic E-state index is 0.0280. The number of hydrogen-bond acceptors (Lipinski definition) is 5. The van der Waals surface area contributed by atoms with Gasteiger partial charge in [0, 0.05) is 24.1 Å². The quantitative estimate of drug-likeness (QED) is 0.223. The summed E-state index contributed by atoms with van der Waals surface area (Å²) in [6.07, 6.45) is -5.43. The van der Waals surface area contributed by atoms with Crippen molar-refractivity contribution < 1.29 is 32.3 Å². The van der Waals surface area contributed by atoms with Crippen molar-refractivity contribution in [3.05, 3.63) is 85.6 Å². The number of aliphatic carboxylic acids is 1. The van der Waals surface area contributed by atoms with E-state index >= 15 is 4.39 Å². The molecular formula is C34H42F4N4O4. The van der Waals surface area contributed by atoms with Crippen molar-refractivity contribution in [3.63, 3.8) is 0 Å². The van der Waals surface area contributed by atoms with Crippen LogP contribution < -0.4 is 10.9 Å². The van der Waals surface area contributed by atoms with Crippen LogP contribution in [0.3, 0.4) is 0 Å². The lowest BCUT2D eigenvalue weighted by Crippen LogP contribution is -2.42. The van der Waals surface area contributed by atoms with Gasteiger partial charge in [-0.1, -0.05) is 32.0 Å². The molecule has 0 fully saturated rings. The highest BCUT2D eigenvalue weighted by atomic mass is 19.4. The molecule has 12 heteroatoms. The normalized spacial score (nSPS) is 13.3. The van der Waals surface area contributed by atoms with Gasteiger partial charge >= 0.3 is 12.1 Å². The van der Waals surface area contributed by atoms with Crippen molar-refractivity contribution in [2.45, 2.75) is 79.1 Å². The molecule has 46 heavy (non-hydrogen) atoms. The molecule has 0 aliphatic carbocycles. The molecule has 2 aromatic carbocycles. The zero-order chi connectivity index (χ0) is 34.7. The highest BCUT2D eigenvalue weighted by Crippen LogP contribution is 2.40. The maximum atomic E-state index is 15.8. The van der Waals surface area contributed by atoms with E-state index in [9.17, 15) is 32.7 Å². The molecule has 1 aromatic heterocycles. The number of benzene rings is 2. The van der Waals surface area contributed by atoms with Crippen LogP contribution in [0.15, 0.2) is 35.1 Å². The fourth-order valence-electron chi connectivity index (χ4n) is 5.54. The van der Waals surface area contributed by atoms with Crippen LogP contribution in [0.25, 0.3) is 11.1 Å². The Morgan fingerprint density at radius 1 is 1.04 bits per heavy atom. The number of aryl methyl sites for hydroxylation is 2. The maximum absolute atomic E-state index is 15.8. The van der Waals surface area contributed by atoms with E-state index in [0.717, 1.165) is 10.7 Å². The molecule has 0 saturated carbocycles. The molecule has 1 amide bonds. The first kappa shape index (κ1) is 36.4. The Morgan fingerprint density at radius 2 is 1.65 bits per heavy atom. The molecule has 0 aliphatic rings. The topological polar surface area (TPSA) is 105 Å². The lowest BCUT2D eigenvalue weighted by molar-refractivity contribution is -0.140. The van der Waals surface area contributed by atoms with Gasteiger partial charge in [0.1, 0.15) is 11.9 Å². The first-order valence-electron chi connectivity index (χ1n) is 15.1. The molecule has 0 spiro atoms. The second kappa shape index (κ2) is 14.6. The standard InChI is InChI=1S/C34H42F4N4O4/c1-18(2)14-28(42-33(46)22(6)21(5)26(40-42)12-13-41(7)8)32(45)39-27(17-29(43)44)24-15-23(16-25(31(24)35)34(36,37)38)30-19(3)10-9-11-20(30)4/h9-11,15-16,18,27-28H,12-14,17H2,1-8H3,(H,39,45)(H,43,44)/t27-,28-/m0/s1. The van der Waals surface area contributed by atoms with E-state index < -0.39 is 59.1 Å². The third-order valence-electron chi connectivity index (χ3n) is 8.09. The predicted octanol–water partition coefficient (Wildman–Crippen LogP) is 6.33. The van der Waals surface area contributed by atoms with Gasteiger partial charge in [0.2, 0.25) is 5.91 Å². The number of carbonyl (C=O) groups excluding carboxylic acids is 1. The first-order chi connectivity index (χ1) is 21.3. The van der Waals surface area contributed by atoms with Gasteiger partial charge in [-0.3, -0.25) is 14.4 Å². The number of nitrogens with zero attached hydrogens (tertiary/aromatic N) is 3. The fraction of sp³-hybridized carbons (Fsp3) is 0.471. The Morgan fingerprint density at radius 3 is 2.17 bits per heavy atom. The maximum Gasteiger partial charge on any atom is 0.419 e. The highest BCUT2D eigenvalue weighted by molar-refractivity contribution is 5.82. The summed E-state index contributed by atoms with van der Waals surface area (Å²) in [6.45, 7) is 11.0. The molecule has 0 unspecified atom stereocenters. The van der Waals surface area contributed by atoms with Crippen LogP contribution in [0.4, 0.5) is 17.6 Å². The zero-order valence-electron chi connectivity index (χ0n) is 27.5. The number of alkyl halides is 3. The number of rotatable bonds is 12. The summed E-state index contributed by atoms with van der Waals surface area (Å²) in [5.74, 6) is -4.15. The molecule has 1 heterocycles. The van der Waals surface area contributed by atoms with Crippen molar-refractivity contribution in [2.24, 2.45) is 5.92 Å². The molecular weight excluding hydrogens is 604 g/mol. The average molecular weight is 647 g/mol. The Labute approximate surface area is 266 Å². The molecule has 0 saturated heterocycles. The predicted molar refractivity (Wildman–Crippen MR) is 168 cm³/mol. The van der Waals surface area contributed by atoms with Crippen molar-refractivity contribution >= 4 is 11.9 Å². The van der Waals surface area contributed by atoms with Crippen molar-refractivity contribution in [1.29, 1.82) is 0 Å². The lowest BCUT2D eigenvalue weighted by atomic mass is 9.90. The van der Waals surface area contributed by atoms with Crippen LogP contribution in [0.2, 0.25) is 0 Å². The van der Waals surface area contributed by atoms with E-state index in [1.54, 1.807) is 45.9 Å². The molecule has 250 valence electrons. The van der Waals surface area contributed by atoms with Gasteiger partial charge in [0.05, 0.1) is 23.7 Å². The van der Waals surface area contributed by atoms with Gasteiger partial charge in [0.15, 0.2) is 0 Å².